The maximum atomic E-state index is 11.8. The molecule has 0 aromatic heterocycles. The summed E-state index contributed by atoms with van der Waals surface area (Å²) in [6, 6.07) is 0. The molecule has 1 fully saturated rings. The topological polar surface area (TPSA) is 101 Å². The Morgan fingerprint density at radius 1 is 1.16 bits per heavy atom. The van der Waals surface area contributed by atoms with Crippen LogP contribution >= 0.6 is 0 Å². The molecule has 1 aliphatic rings. The van der Waals surface area contributed by atoms with E-state index >= 15 is 0 Å². The molecule has 1 amide bonds. The minimum Gasteiger partial charge on any atom is -0.481 e. The van der Waals surface area contributed by atoms with Crippen LogP contribution in [0.25, 0.3) is 0 Å². The van der Waals surface area contributed by atoms with Crippen molar-refractivity contribution >= 4 is 21.7 Å². The van der Waals surface area contributed by atoms with Crippen molar-refractivity contribution in [3.63, 3.8) is 0 Å². The second-order valence-electron chi connectivity index (χ2n) is 5.16. The number of carbonyl (C=O) groups is 2. The Morgan fingerprint density at radius 3 is 2.16 bits per heavy atom. The Kier molecular flexibility index (Phi) is 5.78. The van der Waals surface area contributed by atoms with Crippen molar-refractivity contribution in [2.24, 2.45) is 11.8 Å². The fourth-order valence-electron chi connectivity index (χ4n) is 2.29. The summed E-state index contributed by atoms with van der Waals surface area (Å²) in [5, 5.41) is 11.6. The lowest BCUT2D eigenvalue weighted by Crippen LogP contribution is -2.35. The average Bonchev–Trinajstić information content (AvgIpc) is 2.33. The highest BCUT2D eigenvalue weighted by Gasteiger charge is 2.29. The fourth-order valence-corrected chi connectivity index (χ4v) is 2.96. The number of hydrogen-bond acceptors (Lipinski definition) is 4. The molecule has 2 N–H and O–H groups in total. The summed E-state index contributed by atoms with van der Waals surface area (Å²) >= 11 is 0. The summed E-state index contributed by atoms with van der Waals surface area (Å²) in [7, 11) is -2.98. The van der Waals surface area contributed by atoms with Gasteiger partial charge < -0.3 is 10.4 Å². The molecular weight excluding hydrogens is 270 g/mol. The summed E-state index contributed by atoms with van der Waals surface area (Å²) in [6.45, 7) is 0.352. The van der Waals surface area contributed by atoms with Crippen LogP contribution < -0.4 is 5.32 Å². The largest absolute Gasteiger partial charge is 0.481 e. The highest BCUT2D eigenvalue weighted by atomic mass is 32.2. The number of nitrogens with one attached hydrogen (secondary N) is 1. The van der Waals surface area contributed by atoms with Crippen molar-refractivity contribution in [2.75, 3.05) is 18.6 Å². The Hall–Kier alpha value is -1.11. The van der Waals surface area contributed by atoms with Gasteiger partial charge in [-0.15, -0.1) is 0 Å². The van der Waals surface area contributed by atoms with Crippen LogP contribution in [0.5, 0.6) is 0 Å². The normalized spacial score (nSPS) is 23.8. The van der Waals surface area contributed by atoms with E-state index in [2.05, 4.69) is 5.32 Å². The number of sulfone groups is 1. The van der Waals surface area contributed by atoms with Crippen molar-refractivity contribution in [2.45, 2.75) is 32.1 Å². The molecule has 0 radical (unpaired) electrons. The molecule has 0 aromatic carbocycles. The minimum absolute atomic E-state index is 0.0685. The summed E-state index contributed by atoms with van der Waals surface area (Å²) in [6.07, 6.45) is 3.84. The van der Waals surface area contributed by atoms with Crippen molar-refractivity contribution in [3.8, 4) is 0 Å². The molecule has 1 aliphatic carbocycles. The highest BCUT2D eigenvalue weighted by Crippen LogP contribution is 2.28. The van der Waals surface area contributed by atoms with Gasteiger partial charge in [0.25, 0.3) is 0 Å². The van der Waals surface area contributed by atoms with E-state index in [0.717, 1.165) is 0 Å². The summed E-state index contributed by atoms with van der Waals surface area (Å²) < 4.78 is 21.8. The quantitative estimate of drug-likeness (QED) is 0.691. The lowest BCUT2D eigenvalue weighted by Gasteiger charge is -2.25. The van der Waals surface area contributed by atoms with Crippen molar-refractivity contribution < 1.29 is 23.1 Å². The molecular formula is C12H21NO5S. The lowest BCUT2D eigenvalue weighted by atomic mass is 9.81. The molecule has 0 unspecified atom stereocenters. The second kappa shape index (κ2) is 6.88. The van der Waals surface area contributed by atoms with Gasteiger partial charge in [0.1, 0.15) is 9.84 Å². The van der Waals surface area contributed by atoms with Crippen LogP contribution in [0.1, 0.15) is 32.1 Å². The third kappa shape index (κ3) is 6.04. The smallest absolute Gasteiger partial charge is 0.306 e. The first-order chi connectivity index (χ1) is 8.79. The lowest BCUT2D eigenvalue weighted by molar-refractivity contribution is -0.144. The Labute approximate surface area is 113 Å². The minimum atomic E-state index is -2.98. The van der Waals surface area contributed by atoms with E-state index in [1.54, 1.807) is 0 Å². The molecule has 110 valence electrons. The summed E-state index contributed by atoms with van der Waals surface area (Å²) in [5.41, 5.74) is 0. The molecule has 0 heterocycles. The van der Waals surface area contributed by atoms with E-state index in [1.165, 1.54) is 6.26 Å². The molecule has 19 heavy (non-hydrogen) atoms. The molecule has 7 heteroatoms. The maximum absolute atomic E-state index is 11.8. The Bertz CT molecular complexity index is 423. The van der Waals surface area contributed by atoms with Gasteiger partial charge >= 0.3 is 5.97 Å². The molecule has 0 aromatic rings. The summed E-state index contributed by atoms with van der Waals surface area (Å²) in [5.74, 6) is -1.26. The van der Waals surface area contributed by atoms with E-state index in [4.69, 9.17) is 5.11 Å². The van der Waals surface area contributed by atoms with Crippen LogP contribution in [0.4, 0.5) is 0 Å². The SMILES string of the molecule is CS(=O)(=O)CCCNC(=O)C1CCC(C(=O)O)CC1. The van der Waals surface area contributed by atoms with Gasteiger partial charge in [0.2, 0.25) is 5.91 Å². The van der Waals surface area contributed by atoms with Crippen LogP contribution in [0.2, 0.25) is 0 Å². The molecule has 1 saturated carbocycles. The van der Waals surface area contributed by atoms with Gasteiger partial charge in [-0.2, -0.15) is 0 Å². The van der Waals surface area contributed by atoms with Crippen LogP contribution in [0.3, 0.4) is 0 Å². The van der Waals surface area contributed by atoms with E-state index in [9.17, 15) is 18.0 Å². The van der Waals surface area contributed by atoms with Gasteiger partial charge in [-0.05, 0) is 32.1 Å². The predicted molar refractivity (Wildman–Crippen MR) is 70.4 cm³/mol. The van der Waals surface area contributed by atoms with Crippen molar-refractivity contribution in [1.29, 1.82) is 0 Å². The van der Waals surface area contributed by atoms with Gasteiger partial charge in [0.15, 0.2) is 0 Å². The number of rotatable bonds is 6. The first-order valence-electron chi connectivity index (χ1n) is 6.48. The van der Waals surface area contributed by atoms with Crippen LogP contribution in [0.15, 0.2) is 0 Å². The maximum Gasteiger partial charge on any atom is 0.306 e. The zero-order valence-electron chi connectivity index (χ0n) is 11.1. The third-order valence-electron chi connectivity index (χ3n) is 3.44. The van der Waals surface area contributed by atoms with Crippen LogP contribution in [-0.4, -0.2) is 44.0 Å². The monoisotopic (exact) mass is 291 g/mol. The van der Waals surface area contributed by atoms with E-state index < -0.39 is 15.8 Å². The zero-order chi connectivity index (χ0) is 14.5. The second-order valence-corrected chi connectivity index (χ2v) is 7.42. The zero-order valence-corrected chi connectivity index (χ0v) is 11.9. The van der Waals surface area contributed by atoms with Crippen molar-refractivity contribution in [1.82, 2.24) is 5.32 Å². The first-order valence-corrected chi connectivity index (χ1v) is 8.54. The standard InChI is InChI=1S/C12H21NO5S/c1-19(17,18)8-2-7-13-11(14)9-3-5-10(6-4-9)12(15)16/h9-10H,2-8H2,1H3,(H,13,14)(H,15,16). The molecule has 0 atom stereocenters. The van der Waals surface area contributed by atoms with Gasteiger partial charge in [0, 0.05) is 18.7 Å². The van der Waals surface area contributed by atoms with Gasteiger partial charge in [-0.25, -0.2) is 8.42 Å². The number of carboxylic acid groups (broad SMARTS) is 1. The number of carbonyl (C=O) groups excluding carboxylic acids is 1. The molecule has 0 aliphatic heterocycles. The van der Waals surface area contributed by atoms with Gasteiger partial charge in [-0.1, -0.05) is 0 Å². The Balaban J connectivity index is 2.23. The van der Waals surface area contributed by atoms with E-state index in [1.807, 2.05) is 0 Å². The third-order valence-corrected chi connectivity index (χ3v) is 4.47. The van der Waals surface area contributed by atoms with Gasteiger partial charge in [0.05, 0.1) is 11.7 Å². The van der Waals surface area contributed by atoms with E-state index in [-0.39, 0.29) is 23.5 Å². The molecule has 0 bridgehead atoms. The molecule has 1 rings (SSSR count). The molecule has 0 spiro atoms. The fraction of sp³-hybridized carbons (Fsp3) is 0.833. The summed E-state index contributed by atoms with van der Waals surface area (Å²) in [4.78, 5) is 22.6. The Morgan fingerprint density at radius 2 is 1.68 bits per heavy atom. The number of amides is 1. The van der Waals surface area contributed by atoms with Gasteiger partial charge in [-0.3, -0.25) is 9.59 Å². The number of aliphatic carboxylic acids is 1. The van der Waals surface area contributed by atoms with Crippen LogP contribution in [0, 0.1) is 11.8 Å². The molecule has 0 saturated heterocycles. The highest BCUT2D eigenvalue weighted by molar-refractivity contribution is 7.90. The van der Waals surface area contributed by atoms with Crippen LogP contribution in [-0.2, 0) is 19.4 Å². The molecule has 6 nitrogen and oxygen atoms in total. The number of hydrogen-bond donors (Lipinski definition) is 2. The predicted octanol–water partition coefficient (Wildman–Crippen LogP) is 0.428. The first kappa shape index (κ1) is 15.9. The average molecular weight is 291 g/mol. The van der Waals surface area contributed by atoms with Crippen molar-refractivity contribution in [3.05, 3.63) is 0 Å². The van der Waals surface area contributed by atoms with E-state index in [0.29, 0.717) is 38.6 Å². The number of carboxylic acids is 1.